The normalized spacial score (nSPS) is 11.5. The first-order valence-corrected chi connectivity index (χ1v) is 8.99. The number of hydrogen-bond donors (Lipinski definition) is 1. The van der Waals surface area contributed by atoms with Crippen LogP contribution < -0.4 is 19.7 Å². The summed E-state index contributed by atoms with van der Waals surface area (Å²) in [7, 11) is 1.61. The SMILES string of the molecule is CCN(CC)c1ccc(CNC(=O)C(C)Oc2ccc(OC)cc2)cc1. The maximum atomic E-state index is 12.2. The average molecular weight is 356 g/mol. The Morgan fingerprint density at radius 1 is 1.00 bits per heavy atom. The van der Waals surface area contributed by atoms with Crippen molar-refractivity contribution in [3.63, 3.8) is 0 Å². The second-order valence-corrected chi connectivity index (χ2v) is 5.99. The van der Waals surface area contributed by atoms with E-state index in [0.717, 1.165) is 24.4 Å². The summed E-state index contributed by atoms with van der Waals surface area (Å²) in [6, 6.07) is 15.4. The predicted molar refractivity (Wildman–Crippen MR) is 105 cm³/mol. The van der Waals surface area contributed by atoms with E-state index in [1.807, 2.05) is 12.1 Å². The number of methoxy groups -OCH3 is 1. The fraction of sp³-hybridized carbons (Fsp3) is 0.381. The van der Waals surface area contributed by atoms with Gasteiger partial charge < -0.3 is 19.7 Å². The molecule has 26 heavy (non-hydrogen) atoms. The number of rotatable bonds is 9. The molecule has 0 heterocycles. The van der Waals surface area contributed by atoms with Crippen LogP contribution in [0.3, 0.4) is 0 Å². The molecule has 0 aliphatic carbocycles. The van der Waals surface area contributed by atoms with Crippen LogP contribution in [0.4, 0.5) is 5.69 Å². The molecule has 0 aliphatic rings. The lowest BCUT2D eigenvalue weighted by molar-refractivity contribution is -0.127. The molecule has 5 heteroatoms. The Balaban J connectivity index is 1.84. The molecule has 2 aromatic carbocycles. The monoisotopic (exact) mass is 356 g/mol. The van der Waals surface area contributed by atoms with Crippen molar-refractivity contribution in [2.75, 3.05) is 25.1 Å². The molecule has 0 radical (unpaired) electrons. The Morgan fingerprint density at radius 3 is 2.12 bits per heavy atom. The van der Waals surface area contributed by atoms with Crippen LogP contribution >= 0.6 is 0 Å². The molecule has 1 unspecified atom stereocenters. The zero-order valence-electron chi connectivity index (χ0n) is 16.0. The van der Waals surface area contributed by atoms with Gasteiger partial charge in [-0.15, -0.1) is 0 Å². The van der Waals surface area contributed by atoms with E-state index in [0.29, 0.717) is 12.3 Å². The summed E-state index contributed by atoms with van der Waals surface area (Å²) in [5.41, 5.74) is 2.26. The maximum absolute atomic E-state index is 12.2. The minimum atomic E-state index is -0.571. The summed E-state index contributed by atoms with van der Waals surface area (Å²) in [5.74, 6) is 1.24. The molecule has 0 bridgehead atoms. The van der Waals surface area contributed by atoms with E-state index < -0.39 is 6.10 Å². The highest BCUT2D eigenvalue weighted by molar-refractivity contribution is 5.80. The molecule has 0 fully saturated rings. The molecule has 1 N–H and O–H groups in total. The van der Waals surface area contributed by atoms with Gasteiger partial charge in [-0.05, 0) is 62.7 Å². The van der Waals surface area contributed by atoms with Crippen LogP contribution in [0.15, 0.2) is 48.5 Å². The van der Waals surface area contributed by atoms with Gasteiger partial charge >= 0.3 is 0 Å². The third-order valence-corrected chi connectivity index (χ3v) is 4.27. The summed E-state index contributed by atoms with van der Waals surface area (Å²) < 4.78 is 10.8. The first kappa shape index (κ1) is 19.6. The van der Waals surface area contributed by atoms with Crippen molar-refractivity contribution in [1.82, 2.24) is 5.32 Å². The van der Waals surface area contributed by atoms with Gasteiger partial charge in [0.1, 0.15) is 11.5 Å². The molecule has 0 aliphatic heterocycles. The van der Waals surface area contributed by atoms with Crippen LogP contribution in [0.25, 0.3) is 0 Å². The number of anilines is 1. The average Bonchev–Trinajstić information content (AvgIpc) is 2.68. The molecule has 0 aromatic heterocycles. The first-order valence-electron chi connectivity index (χ1n) is 8.99. The van der Waals surface area contributed by atoms with Crippen molar-refractivity contribution in [2.24, 2.45) is 0 Å². The van der Waals surface area contributed by atoms with Gasteiger partial charge in [0.05, 0.1) is 7.11 Å². The van der Waals surface area contributed by atoms with Gasteiger partial charge in [0.25, 0.3) is 5.91 Å². The second-order valence-electron chi connectivity index (χ2n) is 5.99. The molecule has 0 spiro atoms. The van der Waals surface area contributed by atoms with E-state index in [-0.39, 0.29) is 5.91 Å². The number of ether oxygens (including phenoxy) is 2. The highest BCUT2D eigenvalue weighted by Gasteiger charge is 2.14. The second kappa shape index (κ2) is 9.70. The number of nitrogens with one attached hydrogen (secondary N) is 1. The van der Waals surface area contributed by atoms with E-state index in [9.17, 15) is 4.79 Å². The molecule has 140 valence electrons. The van der Waals surface area contributed by atoms with E-state index in [1.165, 1.54) is 5.69 Å². The Kier molecular flexibility index (Phi) is 7.33. The fourth-order valence-electron chi connectivity index (χ4n) is 2.66. The predicted octanol–water partition coefficient (Wildman–Crippen LogP) is 3.63. The number of carbonyl (C=O) groups excluding carboxylic acids is 1. The van der Waals surface area contributed by atoms with Gasteiger partial charge in [0.15, 0.2) is 6.10 Å². The van der Waals surface area contributed by atoms with Crippen LogP contribution in [0.1, 0.15) is 26.3 Å². The van der Waals surface area contributed by atoms with Crippen molar-refractivity contribution < 1.29 is 14.3 Å². The van der Waals surface area contributed by atoms with Crippen LogP contribution in [-0.4, -0.2) is 32.2 Å². The number of nitrogens with zero attached hydrogens (tertiary/aromatic N) is 1. The zero-order valence-corrected chi connectivity index (χ0v) is 16.0. The number of benzene rings is 2. The van der Waals surface area contributed by atoms with Gasteiger partial charge in [-0.2, -0.15) is 0 Å². The van der Waals surface area contributed by atoms with Crippen LogP contribution in [-0.2, 0) is 11.3 Å². The molecule has 2 rings (SSSR count). The highest BCUT2D eigenvalue weighted by atomic mass is 16.5. The summed E-state index contributed by atoms with van der Waals surface area (Å²) in [6.07, 6.45) is -0.571. The third kappa shape index (κ3) is 5.41. The quantitative estimate of drug-likeness (QED) is 0.745. The van der Waals surface area contributed by atoms with E-state index in [4.69, 9.17) is 9.47 Å². The molecule has 5 nitrogen and oxygen atoms in total. The molecule has 0 saturated carbocycles. The smallest absolute Gasteiger partial charge is 0.261 e. The highest BCUT2D eigenvalue weighted by Crippen LogP contribution is 2.18. The topological polar surface area (TPSA) is 50.8 Å². The lowest BCUT2D eigenvalue weighted by atomic mass is 10.2. The van der Waals surface area contributed by atoms with E-state index in [2.05, 4.69) is 36.2 Å². The molecular weight excluding hydrogens is 328 g/mol. The lowest BCUT2D eigenvalue weighted by Crippen LogP contribution is -2.35. The van der Waals surface area contributed by atoms with Crippen molar-refractivity contribution in [3.8, 4) is 11.5 Å². The third-order valence-electron chi connectivity index (χ3n) is 4.27. The first-order chi connectivity index (χ1) is 12.6. The van der Waals surface area contributed by atoms with Crippen molar-refractivity contribution >= 4 is 11.6 Å². The van der Waals surface area contributed by atoms with Crippen LogP contribution in [0.5, 0.6) is 11.5 Å². The Bertz CT molecular complexity index is 679. The summed E-state index contributed by atoms with van der Waals surface area (Å²) in [5, 5.41) is 2.92. The molecule has 0 saturated heterocycles. The Morgan fingerprint density at radius 2 is 1.58 bits per heavy atom. The van der Waals surface area contributed by atoms with Crippen LogP contribution in [0.2, 0.25) is 0 Å². The molecular formula is C21H28N2O3. The van der Waals surface area contributed by atoms with Gasteiger partial charge in [-0.3, -0.25) is 4.79 Å². The van der Waals surface area contributed by atoms with E-state index >= 15 is 0 Å². The molecule has 1 amide bonds. The maximum Gasteiger partial charge on any atom is 0.261 e. The lowest BCUT2D eigenvalue weighted by Gasteiger charge is -2.21. The number of hydrogen-bond acceptors (Lipinski definition) is 4. The standard InChI is InChI=1S/C21H28N2O3/c1-5-23(6-2)18-9-7-17(8-10-18)15-22-21(24)16(3)26-20-13-11-19(25-4)12-14-20/h7-14,16H,5-6,15H2,1-4H3,(H,22,24). The van der Waals surface area contributed by atoms with Crippen LogP contribution in [0, 0.1) is 0 Å². The largest absolute Gasteiger partial charge is 0.497 e. The summed E-state index contributed by atoms with van der Waals surface area (Å²) in [6.45, 7) is 8.46. The van der Waals surface area contributed by atoms with Crippen molar-refractivity contribution in [2.45, 2.75) is 33.4 Å². The Hall–Kier alpha value is -2.69. The minimum absolute atomic E-state index is 0.145. The number of carbonyl (C=O) groups is 1. The van der Waals surface area contributed by atoms with Gasteiger partial charge in [-0.25, -0.2) is 0 Å². The van der Waals surface area contributed by atoms with Crippen molar-refractivity contribution in [1.29, 1.82) is 0 Å². The summed E-state index contributed by atoms with van der Waals surface area (Å²) in [4.78, 5) is 14.5. The van der Waals surface area contributed by atoms with Gasteiger partial charge in [0.2, 0.25) is 0 Å². The van der Waals surface area contributed by atoms with Gasteiger partial charge in [0, 0.05) is 25.3 Å². The van der Waals surface area contributed by atoms with Crippen molar-refractivity contribution in [3.05, 3.63) is 54.1 Å². The minimum Gasteiger partial charge on any atom is -0.497 e. The molecule has 1 atom stereocenters. The Labute approximate surface area is 155 Å². The number of amides is 1. The van der Waals surface area contributed by atoms with Gasteiger partial charge in [-0.1, -0.05) is 12.1 Å². The summed E-state index contributed by atoms with van der Waals surface area (Å²) >= 11 is 0. The molecule has 2 aromatic rings. The fourth-order valence-corrected chi connectivity index (χ4v) is 2.66. The van der Waals surface area contributed by atoms with E-state index in [1.54, 1.807) is 38.3 Å². The zero-order chi connectivity index (χ0) is 18.9.